The van der Waals surface area contributed by atoms with Gasteiger partial charge in [-0.25, -0.2) is 4.79 Å². The first-order valence-corrected chi connectivity index (χ1v) is 5.82. The first-order chi connectivity index (χ1) is 8.19. The van der Waals surface area contributed by atoms with Crippen molar-refractivity contribution in [2.75, 3.05) is 26.7 Å². The molecule has 0 aromatic carbocycles. The molecule has 1 fully saturated rings. The van der Waals surface area contributed by atoms with Crippen molar-refractivity contribution in [1.82, 2.24) is 10.2 Å². The quantitative estimate of drug-likeness (QED) is 0.842. The molecule has 1 aromatic rings. The molecular formula is C12H19ClN2O3. The van der Waals surface area contributed by atoms with Crippen LogP contribution in [0.15, 0.2) is 16.5 Å². The molecule has 0 bridgehead atoms. The Morgan fingerprint density at radius 1 is 1.61 bits per heavy atom. The van der Waals surface area contributed by atoms with Gasteiger partial charge in [0.15, 0.2) is 0 Å². The number of carbonyl (C=O) groups excluding carboxylic acids is 1. The standard InChI is InChI=1S/C12H18N2O3.ClH/c1-9-7-14(6-5-13-9)8-10-3-4-11(17-10)12(15)16-2;/h3-4,9,13H,5-8H2,1-2H3;1H. The van der Waals surface area contributed by atoms with Gasteiger partial charge in [0.05, 0.1) is 13.7 Å². The first-order valence-electron chi connectivity index (χ1n) is 5.82. The maximum Gasteiger partial charge on any atom is 0.373 e. The van der Waals surface area contributed by atoms with E-state index in [2.05, 4.69) is 21.9 Å². The molecule has 5 nitrogen and oxygen atoms in total. The third-order valence-corrected chi connectivity index (χ3v) is 2.88. The summed E-state index contributed by atoms with van der Waals surface area (Å²) in [6.45, 7) is 5.88. The number of nitrogens with zero attached hydrogens (tertiary/aromatic N) is 1. The lowest BCUT2D eigenvalue weighted by molar-refractivity contribution is 0.0560. The van der Waals surface area contributed by atoms with Gasteiger partial charge in [-0.2, -0.15) is 0 Å². The van der Waals surface area contributed by atoms with Gasteiger partial charge in [-0.15, -0.1) is 12.4 Å². The van der Waals surface area contributed by atoms with Crippen LogP contribution in [0.25, 0.3) is 0 Å². The van der Waals surface area contributed by atoms with E-state index in [-0.39, 0.29) is 18.2 Å². The molecule has 1 aliphatic rings. The molecule has 2 heterocycles. The first kappa shape index (κ1) is 15.0. The minimum absolute atomic E-state index is 0. The fourth-order valence-electron chi connectivity index (χ4n) is 2.05. The van der Waals surface area contributed by atoms with Gasteiger partial charge >= 0.3 is 5.97 Å². The van der Waals surface area contributed by atoms with Crippen molar-refractivity contribution in [1.29, 1.82) is 0 Å². The van der Waals surface area contributed by atoms with Crippen LogP contribution in [0.3, 0.4) is 0 Å². The number of hydrogen-bond donors (Lipinski definition) is 1. The number of piperazine rings is 1. The predicted molar refractivity (Wildman–Crippen MR) is 70.0 cm³/mol. The van der Waals surface area contributed by atoms with Crippen LogP contribution in [0.4, 0.5) is 0 Å². The van der Waals surface area contributed by atoms with E-state index in [0.717, 1.165) is 31.9 Å². The fourth-order valence-corrected chi connectivity index (χ4v) is 2.05. The van der Waals surface area contributed by atoms with Crippen molar-refractivity contribution < 1.29 is 13.9 Å². The summed E-state index contributed by atoms with van der Waals surface area (Å²) in [7, 11) is 1.35. The van der Waals surface area contributed by atoms with E-state index in [9.17, 15) is 4.79 Å². The molecule has 18 heavy (non-hydrogen) atoms. The zero-order chi connectivity index (χ0) is 12.3. The number of esters is 1. The van der Waals surface area contributed by atoms with Crippen molar-refractivity contribution in [3.8, 4) is 0 Å². The lowest BCUT2D eigenvalue weighted by Crippen LogP contribution is -2.48. The molecule has 0 spiro atoms. The number of halogens is 1. The monoisotopic (exact) mass is 274 g/mol. The molecule has 102 valence electrons. The fraction of sp³-hybridized carbons (Fsp3) is 0.583. The molecule has 0 amide bonds. The maximum atomic E-state index is 11.2. The van der Waals surface area contributed by atoms with Gasteiger partial charge < -0.3 is 14.5 Å². The summed E-state index contributed by atoms with van der Waals surface area (Å²) >= 11 is 0. The molecule has 6 heteroatoms. The zero-order valence-electron chi connectivity index (χ0n) is 10.6. The Hall–Kier alpha value is -1.04. The second kappa shape index (κ2) is 6.78. The van der Waals surface area contributed by atoms with Crippen molar-refractivity contribution >= 4 is 18.4 Å². The molecular weight excluding hydrogens is 256 g/mol. The number of nitrogens with one attached hydrogen (secondary N) is 1. The van der Waals surface area contributed by atoms with Crippen LogP contribution in [0.2, 0.25) is 0 Å². The Bertz CT molecular complexity index is 394. The lowest BCUT2D eigenvalue weighted by atomic mass is 10.2. The molecule has 1 aromatic heterocycles. The molecule has 2 rings (SSSR count). The minimum Gasteiger partial charge on any atom is -0.463 e. The molecule has 1 aliphatic heterocycles. The van der Waals surface area contributed by atoms with Crippen LogP contribution in [-0.4, -0.2) is 43.7 Å². The Morgan fingerprint density at radius 2 is 2.39 bits per heavy atom. The van der Waals surface area contributed by atoms with Gasteiger partial charge in [0.25, 0.3) is 0 Å². The zero-order valence-corrected chi connectivity index (χ0v) is 11.5. The summed E-state index contributed by atoms with van der Waals surface area (Å²) in [6.07, 6.45) is 0. The molecule has 1 N–H and O–H groups in total. The minimum atomic E-state index is -0.426. The van der Waals surface area contributed by atoms with Crippen molar-refractivity contribution in [2.45, 2.75) is 19.5 Å². The van der Waals surface area contributed by atoms with Crippen molar-refractivity contribution in [3.05, 3.63) is 23.7 Å². The largest absolute Gasteiger partial charge is 0.463 e. The Labute approximate surface area is 113 Å². The Morgan fingerprint density at radius 3 is 3.06 bits per heavy atom. The lowest BCUT2D eigenvalue weighted by Gasteiger charge is -2.31. The molecule has 0 radical (unpaired) electrons. The third kappa shape index (κ3) is 3.73. The maximum absolute atomic E-state index is 11.2. The van der Waals surface area contributed by atoms with E-state index < -0.39 is 5.97 Å². The Balaban J connectivity index is 0.00000162. The number of ether oxygens (including phenoxy) is 1. The predicted octanol–water partition coefficient (Wildman–Crippen LogP) is 1.28. The SMILES string of the molecule is COC(=O)c1ccc(CN2CCNC(C)C2)o1.Cl. The summed E-state index contributed by atoms with van der Waals surface area (Å²) in [5.74, 6) is 0.648. The van der Waals surface area contributed by atoms with Gasteiger partial charge in [-0.05, 0) is 19.1 Å². The van der Waals surface area contributed by atoms with E-state index in [4.69, 9.17) is 4.42 Å². The Kier molecular flexibility index (Phi) is 5.65. The van der Waals surface area contributed by atoms with E-state index in [0.29, 0.717) is 6.04 Å². The summed E-state index contributed by atoms with van der Waals surface area (Å²) in [5.41, 5.74) is 0. The number of furan rings is 1. The van der Waals surface area contributed by atoms with Crippen molar-refractivity contribution in [3.63, 3.8) is 0 Å². The number of carbonyl (C=O) groups is 1. The van der Waals surface area contributed by atoms with E-state index in [1.807, 2.05) is 6.07 Å². The molecule has 0 aliphatic carbocycles. The van der Waals surface area contributed by atoms with Gasteiger partial charge in [0.2, 0.25) is 5.76 Å². The normalized spacial score (nSPS) is 20.2. The van der Waals surface area contributed by atoms with Gasteiger partial charge in [0.1, 0.15) is 5.76 Å². The number of rotatable bonds is 3. The second-order valence-electron chi connectivity index (χ2n) is 4.35. The van der Waals surface area contributed by atoms with Gasteiger partial charge in [-0.3, -0.25) is 4.90 Å². The summed E-state index contributed by atoms with van der Waals surface area (Å²) in [5, 5.41) is 3.38. The second-order valence-corrected chi connectivity index (χ2v) is 4.35. The van der Waals surface area contributed by atoms with Gasteiger partial charge in [0, 0.05) is 25.7 Å². The summed E-state index contributed by atoms with van der Waals surface area (Å²) < 4.78 is 10.0. The van der Waals surface area contributed by atoms with E-state index >= 15 is 0 Å². The average molecular weight is 275 g/mol. The van der Waals surface area contributed by atoms with Crippen LogP contribution in [0.5, 0.6) is 0 Å². The van der Waals surface area contributed by atoms with Crippen LogP contribution in [-0.2, 0) is 11.3 Å². The molecule has 1 unspecified atom stereocenters. The summed E-state index contributed by atoms with van der Waals surface area (Å²) in [4.78, 5) is 13.5. The smallest absolute Gasteiger partial charge is 0.373 e. The summed E-state index contributed by atoms with van der Waals surface area (Å²) in [6, 6.07) is 3.99. The van der Waals surface area contributed by atoms with Crippen LogP contribution in [0, 0.1) is 0 Å². The highest BCUT2D eigenvalue weighted by molar-refractivity contribution is 5.86. The van der Waals surface area contributed by atoms with E-state index in [1.54, 1.807) is 6.07 Å². The van der Waals surface area contributed by atoms with Crippen LogP contribution in [0.1, 0.15) is 23.2 Å². The number of hydrogen-bond acceptors (Lipinski definition) is 5. The molecule has 0 saturated carbocycles. The van der Waals surface area contributed by atoms with Crippen molar-refractivity contribution in [2.24, 2.45) is 0 Å². The van der Waals surface area contributed by atoms with Gasteiger partial charge in [-0.1, -0.05) is 0 Å². The van der Waals surface area contributed by atoms with Crippen LogP contribution >= 0.6 is 12.4 Å². The average Bonchev–Trinajstić information content (AvgIpc) is 2.76. The highest BCUT2D eigenvalue weighted by atomic mass is 35.5. The van der Waals surface area contributed by atoms with E-state index in [1.165, 1.54) is 7.11 Å². The third-order valence-electron chi connectivity index (χ3n) is 2.88. The number of methoxy groups -OCH3 is 1. The highest BCUT2D eigenvalue weighted by Gasteiger charge is 2.18. The van der Waals surface area contributed by atoms with Crippen LogP contribution < -0.4 is 5.32 Å². The highest BCUT2D eigenvalue weighted by Crippen LogP contribution is 2.12. The molecule has 1 atom stereocenters. The topological polar surface area (TPSA) is 54.7 Å². The molecule has 1 saturated heterocycles.